The maximum atomic E-state index is 12.5. The first-order valence-corrected chi connectivity index (χ1v) is 8.62. The van der Waals surface area contributed by atoms with Gasteiger partial charge in [-0.15, -0.1) is 0 Å². The first kappa shape index (κ1) is 16.0. The zero-order chi connectivity index (χ0) is 16.4. The van der Waals surface area contributed by atoms with Gasteiger partial charge in [-0.2, -0.15) is 0 Å². The van der Waals surface area contributed by atoms with E-state index in [0.29, 0.717) is 19.0 Å². The first-order chi connectivity index (χ1) is 11.0. The lowest BCUT2D eigenvalue weighted by Gasteiger charge is -2.37. The van der Waals surface area contributed by atoms with E-state index in [4.69, 9.17) is 0 Å². The minimum Gasteiger partial charge on any atom is -0.356 e. The number of nitrogens with one attached hydrogen (secondary N) is 1. The third-order valence-electron chi connectivity index (χ3n) is 5.04. The van der Waals surface area contributed by atoms with Crippen LogP contribution in [0, 0.1) is 18.8 Å². The number of aryl methyl sites for hydroxylation is 1. The molecule has 1 aromatic rings. The Morgan fingerprint density at radius 2 is 2.04 bits per heavy atom. The van der Waals surface area contributed by atoms with Crippen molar-refractivity contribution in [3.8, 4) is 0 Å². The van der Waals surface area contributed by atoms with Gasteiger partial charge in [-0.05, 0) is 37.7 Å². The minimum absolute atomic E-state index is 0.0577. The van der Waals surface area contributed by atoms with Crippen molar-refractivity contribution in [3.63, 3.8) is 0 Å². The van der Waals surface area contributed by atoms with Gasteiger partial charge in [-0.1, -0.05) is 29.8 Å². The average molecular weight is 314 g/mol. The Hall–Kier alpha value is -1.84. The van der Waals surface area contributed by atoms with Gasteiger partial charge >= 0.3 is 0 Å². The van der Waals surface area contributed by atoms with E-state index >= 15 is 0 Å². The predicted molar refractivity (Wildman–Crippen MR) is 90.0 cm³/mol. The number of nitrogens with zero attached hydrogens (tertiary/aromatic N) is 1. The molecule has 1 saturated carbocycles. The van der Waals surface area contributed by atoms with Gasteiger partial charge < -0.3 is 10.2 Å². The van der Waals surface area contributed by atoms with Crippen LogP contribution in [0.3, 0.4) is 0 Å². The van der Waals surface area contributed by atoms with Crippen LogP contribution in [0.2, 0.25) is 0 Å². The standard InChI is InChI=1S/C19H26N2O2/c1-13-4-3-5-16(8-13)17-9-18(12-21(11-17)14(2)22)19(23)20-10-15-6-7-15/h3-5,8,15,17-18H,6-7,9-12H2,1-2H3,(H,20,23). The van der Waals surface area contributed by atoms with Crippen molar-refractivity contribution in [2.24, 2.45) is 11.8 Å². The van der Waals surface area contributed by atoms with Gasteiger partial charge in [0, 0.05) is 32.5 Å². The molecule has 2 amide bonds. The van der Waals surface area contributed by atoms with Crippen molar-refractivity contribution in [2.45, 2.75) is 39.0 Å². The fraction of sp³-hybridized carbons (Fsp3) is 0.579. The third kappa shape index (κ3) is 4.12. The van der Waals surface area contributed by atoms with Gasteiger partial charge in [-0.25, -0.2) is 0 Å². The summed E-state index contributed by atoms with van der Waals surface area (Å²) in [7, 11) is 0. The molecule has 1 aliphatic carbocycles. The SMILES string of the molecule is CC(=O)N1CC(C(=O)NCC2CC2)CC(c2cccc(C)c2)C1. The van der Waals surface area contributed by atoms with Crippen LogP contribution in [0.4, 0.5) is 0 Å². The van der Waals surface area contributed by atoms with Crippen molar-refractivity contribution in [2.75, 3.05) is 19.6 Å². The van der Waals surface area contributed by atoms with E-state index in [9.17, 15) is 9.59 Å². The largest absolute Gasteiger partial charge is 0.356 e. The molecule has 2 atom stereocenters. The van der Waals surface area contributed by atoms with Gasteiger partial charge in [0.25, 0.3) is 0 Å². The summed E-state index contributed by atoms with van der Waals surface area (Å²) in [5.74, 6) is 0.989. The highest BCUT2D eigenvalue weighted by Crippen LogP contribution is 2.32. The van der Waals surface area contributed by atoms with E-state index in [1.54, 1.807) is 6.92 Å². The number of carbonyl (C=O) groups excluding carboxylic acids is 2. The number of benzene rings is 1. The van der Waals surface area contributed by atoms with E-state index in [1.165, 1.54) is 24.0 Å². The van der Waals surface area contributed by atoms with Crippen molar-refractivity contribution >= 4 is 11.8 Å². The highest BCUT2D eigenvalue weighted by atomic mass is 16.2. The summed E-state index contributed by atoms with van der Waals surface area (Å²) >= 11 is 0. The maximum Gasteiger partial charge on any atom is 0.224 e. The summed E-state index contributed by atoms with van der Waals surface area (Å²) < 4.78 is 0. The summed E-state index contributed by atoms with van der Waals surface area (Å²) in [5.41, 5.74) is 2.45. The number of carbonyl (C=O) groups is 2. The van der Waals surface area contributed by atoms with E-state index < -0.39 is 0 Å². The molecular weight excluding hydrogens is 288 g/mol. The fourth-order valence-electron chi connectivity index (χ4n) is 3.42. The second kappa shape index (κ2) is 6.73. The minimum atomic E-state index is -0.100. The molecule has 0 bridgehead atoms. The Morgan fingerprint density at radius 1 is 1.26 bits per heavy atom. The average Bonchev–Trinajstić information content (AvgIpc) is 3.36. The maximum absolute atomic E-state index is 12.5. The quantitative estimate of drug-likeness (QED) is 0.928. The van der Waals surface area contributed by atoms with Gasteiger partial charge in [0.1, 0.15) is 0 Å². The lowest BCUT2D eigenvalue weighted by molar-refractivity contribution is -0.134. The molecule has 1 aromatic carbocycles. The second-order valence-electron chi connectivity index (χ2n) is 7.16. The molecule has 4 heteroatoms. The highest BCUT2D eigenvalue weighted by Gasteiger charge is 2.34. The molecule has 2 fully saturated rings. The van der Waals surface area contributed by atoms with Crippen LogP contribution in [0.15, 0.2) is 24.3 Å². The molecule has 2 unspecified atom stereocenters. The predicted octanol–water partition coefficient (Wildman–Crippen LogP) is 2.47. The van der Waals surface area contributed by atoms with Crippen LogP contribution in [0.25, 0.3) is 0 Å². The van der Waals surface area contributed by atoms with Crippen molar-refractivity contribution < 1.29 is 9.59 Å². The van der Waals surface area contributed by atoms with Crippen LogP contribution < -0.4 is 5.32 Å². The molecule has 2 aliphatic rings. The molecule has 1 heterocycles. The number of hydrogen-bond donors (Lipinski definition) is 1. The Balaban J connectivity index is 1.71. The summed E-state index contributed by atoms with van der Waals surface area (Å²) in [6.07, 6.45) is 3.29. The third-order valence-corrected chi connectivity index (χ3v) is 5.04. The van der Waals surface area contributed by atoms with E-state index in [2.05, 4.69) is 36.5 Å². The van der Waals surface area contributed by atoms with Crippen molar-refractivity contribution in [1.82, 2.24) is 10.2 Å². The normalized spacial score (nSPS) is 24.3. The van der Waals surface area contributed by atoms with E-state index in [0.717, 1.165) is 13.0 Å². The number of piperidine rings is 1. The number of likely N-dealkylation sites (tertiary alicyclic amines) is 1. The lowest BCUT2D eigenvalue weighted by Crippen LogP contribution is -2.47. The van der Waals surface area contributed by atoms with Crippen LogP contribution in [0.5, 0.6) is 0 Å². The summed E-state index contributed by atoms with van der Waals surface area (Å²) in [5, 5.41) is 3.08. The van der Waals surface area contributed by atoms with Gasteiger partial charge in [-0.3, -0.25) is 9.59 Å². The fourth-order valence-corrected chi connectivity index (χ4v) is 3.42. The molecule has 0 aromatic heterocycles. The van der Waals surface area contributed by atoms with Crippen molar-refractivity contribution in [3.05, 3.63) is 35.4 Å². The zero-order valence-corrected chi connectivity index (χ0v) is 14.0. The van der Waals surface area contributed by atoms with Gasteiger partial charge in [0.2, 0.25) is 11.8 Å². The van der Waals surface area contributed by atoms with Crippen LogP contribution >= 0.6 is 0 Å². The van der Waals surface area contributed by atoms with Gasteiger partial charge in [0.05, 0.1) is 5.92 Å². The smallest absolute Gasteiger partial charge is 0.224 e. The Labute approximate surface area is 138 Å². The van der Waals surface area contributed by atoms with Crippen LogP contribution in [-0.2, 0) is 9.59 Å². The summed E-state index contributed by atoms with van der Waals surface area (Å²) in [4.78, 5) is 26.2. The Kier molecular flexibility index (Phi) is 4.69. The molecular formula is C19H26N2O2. The number of hydrogen-bond acceptors (Lipinski definition) is 2. The number of amides is 2. The Morgan fingerprint density at radius 3 is 2.70 bits per heavy atom. The monoisotopic (exact) mass is 314 g/mol. The zero-order valence-electron chi connectivity index (χ0n) is 14.0. The molecule has 1 N–H and O–H groups in total. The Bertz CT molecular complexity index is 595. The molecule has 124 valence electrons. The molecule has 23 heavy (non-hydrogen) atoms. The lowest BCUT2D eigenvalue weighted by atomic mass is 9.83. The van der Waals surface area contributed by atoms with Gasteiger partial charge in [0.15, 0.2) is 0 Å². The van der Waals surface area contributed by atoms with Crippen LogP contribution in [-0.4, -0.2) is 36.3 Å². The van der Waals surface area contributed by atoms with E-state index in [-0.39, 0.29) is 23.7 Å². The molecule has 3 rings (SSSR count). The topological polar surface area (TPSA) is 49.4 Å². The molecule has 0 radical (unpaired) electrons. The molecule has 0 spiro atoms. The van der Waals surface area contributed by atoms with Crippen LogP contribution in [0.1, 0.15) is 43.2 Å². The second-order valence-corrected chi connectivity index (χ2v) is 7.16. The summed E-state index contributed by atoms with van der Waals surface area (Å²) in [6.45, 7) is 5.73. The first-order valence-electron chi connectivity index (χ1n) is 8.62. The van der Waals surface area contributed by atoms with Crippen molar-refractivity contribution in [1.29, 1.82) is 0 Å². The highest BCUT2D eigenvalue weighted by molar-refractivity contribution is 5.81. The van der Waals surface area contributed by atoms with E-state index in [1.807, 2.05) is 4.90 Å². The molecule has 1 saturated heterocycles. The number of rotatable bonds is 4. The summed E-state index contributed by atoms with van der Waals surface area (Å²) in [6, 6.07) is 8.42. The molecule has 1 aliphatic heterocycles. The molecule has 4 nitrogen and oxygen atoms in total.